The minimum absolute atomic E-state index is 0.00960. The molecule has 9 nitrogen and oxygen atoms in total. The summed E-state index contributed by atoms with van der Waals surface area (Å²) >= 11 is 0. The summed E-state index contributed by atoms with van der Waals surface area (Å²) < 4.78 is 23.3. The largest absolute Gasteiger partial charge is 0.493 e. The Balaban J connectivity index is 1.02. The second-order valence-electron chi connectivity index (χ2n) is 11.4. The normalized spacial score (nSPS) is 20.3. The number of fused-ring (bicyclic) bond motifs is 4. The molecular formula is C34H37N3O6. The van der Waals surface area contributed by atoms with Crippen LogP contribution in [0.3, 0.4) is 0 Å². The monoisotopic (exact) mass is 583 g/mol. The van der Waals surface area contributed by atoms with Gasteiger partial charge in [-0.05, 0) is 55.9 Å². The van der Waals surface area contributed by atoms with Crippen molar-refractivity contribution >= 4 is 29.8 Å². The molecule has 0 N–H and O–H groups in total. The Labute approximate surface area is 252 Å². The van der Waals surface area contributed by atoms with E-state index in [0.717, 1.165) is 48.8 Å². The van der Waals surface area contributed by atoms with Crippen LogP contribution in [-0.4, -0.2) is 80.4 Å². The van der Waals surface area contributed by atoms with Crippen LogP contribution in [-0.2, 0) is 0 Å². The fourth-order valence-corrected chi connectivity index (χ4v) is 6.11. The summed E-state index contributed by atoms with van der Waals surface area (Å²) in [5, 5.41) is 0. The Morgan fingerprint density at radius 2 is 1.35 bits per heavy atom. The number of hydrogen-bond acceptors (Lipinski definition) is 7. The van der Waals surface area contributed by atoms with Gasteiger partial charge in [0.15, 0.2) is 23.0 Å². The highest BCUT2D eigenvalue weighted by atomic mass is 16.5. The van der Waals surface area contributed by atoms with E-state index in [1.165, 1.54) is 0 Å². The molecule has 2 fully saturated rings. The van der Waals surface area contributed by atoms with Crippen LogP contribution in [0.15, 0.2) is 59.6 Å². The Kier molecular flexibility index (Phi) is 7.97. The van der Waals surface area contributed by atoms with Gasteiger partial charge in [0.05, 0.1) is 56.3 Å². The third kappa shape index (κ3) is 5.63. The van der Waals surface area contributed by atoms with Crippen molar-refractivity contribution in [1.29, 1.82) is 0 Å². The first-order valence-corrected chi connectivity index (χ1v) is 14.7. The molecule has 2 atom stereocenters. The van der Waals surface area contributed by atoms with Crippen LogP contribution in [0, 0.1) is 0 Å². The number of aliphatic imine (C=N–C) groups is 1. The molecular weight excluding hydrogens is 546 g/mol. The van der Waals surface area contributed by atoms with Gasteiger partial charge in [-0.25, -0.2) is 0 Å². The predicted octanol–water partition coefficient (Wildman–Crippen LogP) is 5.62. The quantitative estimate of drug-likeness (QED) is 0.267. The van der Waals surface area contributed by atoms with Crippen molar-refractivity contribution in [2.24, 2.45) is 4.99 Å². The molecule has 0 spiro atoms. The number of amides is 2. The highest BCUT2D eigenvalue weighted by Gasteiger charge is 2.35. The standard InChI is InChI=1S/C34H37N3O6/c1-21-12-24-9-8-23-14-31(29(40-3)15-26(23)33(38)36(24)19-21)42-10-6-5-7-11-43-32-17-28-27(16-30(32)41-4)34(39)37-20-22(2)13-25(37)18-35-28/h8-9,14-18,24-25H,1-2,5-7,10-13,19-20H2,3-4H3/t24-,25?/m1/s1. The van der Waals surface area contributed by atoms with E-state index in [1.54, 1.807) is 37.3 Å². The number of rotatable bonds is 10. The lowest BCUT2D eigenvalue weighted by molar-refractivity contribution is 0.0762. The molecule has 1 unspecified atom stereocenters. The summed E-state index contributed by atoms with van der Waals surface area (Å²) in [6.07, 6.45) is 9.94. The second kappa shape index (κ2) is 12.0. The van der Waals surface area contributed by atoms with Crippen LogP contribution in [0.4, 0.5) is 5.69 Å². The van der Waals surface area contributed by atoms with Crippen molar-refractivity contribution in [2.45, 2.75) is 44.2 Å². The highest BCUT2D eigenvalue weighted by molar-refractivity contribution is 6.04. The van der Waals surface area contributed by atoms with Crippen LogP contribution < -0.4 is 18.9 Å². The molecule has 0 saturated carbocycles. The molecule has 0 aromatic heterocycles. The van der Waals surface area contributed by atoms with E-state index in [4.69, 9.17) is 18.9 Å². The van der Waals surface area contributed by atoms with Crippen molar-refractivity contribution in [1.82, 2.24) is 9.80 Å². The number of hydrogen-bond donors (Lipinski definition) is 0. The summed E-state index contributed by atoms with van der Waals surface area (Å²) in [7, 11) is 3.15. The van der Waals surface area contributed by atoms with Gasteiger partial charge >= 0.3 is 0 Å². The van der Waals surface area contributed by atoms with Crippen molar-refractivity contribution in [3.63, 3.8) is 0 Å². The molecule has 4 heterocycles. The third-order valence-electron chi connectivity index (χ3n) is 8.37. The Bertz CT molecular complexity index is 1430. The molecule has 6 rings (SSSR count). The fourth-order valence-electron chi connectivity index (χ4n) is 6.11. The Hall–Kier alpha value is -4.53. The highest BCUT2D eigenvalue weighted by Crippen LogP contribution is 2.39. The fraction of sp³-hybridized carbons (Fsp3) is 0.382. The first kappa shape index (κ1) is 28.6. The van der Waals surface area contributed by atoms with Gasteiger partial charge in [0, 0.05) is 25.4 Å². The van der Waals surface area contributed by atoms with Gasteiger partial charge in [0.25, 0.3) is 11.8 Å². The molecule has 224 valence electrons. The first-order valence-electron chi connectivity index (χ1n) is 14.7. The van der Waals surface area contributed by atoms with Gasteiger partial charge in [0.1, 0.15) is 0 Å². The minimum Gasteiger partial charge on any atom is -0.493 e. The summed E-state index contributed by atoms with van der Waals surface area (Å²) in [5.74, 6) is 2.16. The third-order valence-corrected chi connectivity index (χ3v) is 8.37. The van der Waals surface area contributed by atoms with Crippen molar-refractivity contribution in [3.05, 3.63) is 71.3 Å². The SMILES string of the molecule is C=C1CC2C=Nc3cc(OCCCCCOc4cc5c(cc4OC)C(=O)N4CC(=C)C[C@H]4C=C5)c(OC)cc3C(=O)N2C1. The van der Waals surface area contributed by atoms with Gasteiger partial charge in [-0.2, -0.15) is 0 Å². The number of unbranched alkanes of at least 4 members (excludes halogenated alkanes) is 2. The van der Waals surface area contributed by atoms with E-state index >= 15 is 0 Å². The van der Waals surface area contributed by atoms with Gasteiger partial charge in [0.2, 0.25) is 0 Å². The molecule has 2 saturated heterocycles. The predicted molar refractivity (Wildman–Crippen MR) is 165 cm³/mol. The first-order chi connectivity index (χ1) is 20.9. The molecule has 4 aliphatic heterocycles. The number of benzene rings is 2. The Morgan fingerprint density at radius 1 is 0.767 bits per heavy atom. The van der Waals surface area contributed by atoms with Crippen molar-refractivity contribution in [3.8, 4) is 23.0 Å². The molecule has 2 aromatic rings. The summed E-state index contributed by atoms with van der Waals surface area (Å²) in [6.45, 7) is 10.2. The zero-order valence-electron chi connectivity index (χ0n) is 24.8. The number of ether oxygens (including phenoxy) is 4. The number of carbonyl (C=O) groups excluding carboxylic acids is 2. The molecule has 43 heavy (non-hydrogen) atoms. The molecule has 0 radical (unpaired) electrons. The lowest BCUT2D eigenvalue weighted by Gasteiger charge is -2.21. The van der Waals surface area contributed by atoms with Gasteiger partial charge in [-0.15, -0.1) is 0 Å². The van der Waals surface area contributed by atoms with Crippen LogP contribution in [0.5, 0.6) is 23.0 Å². The van der Waals surface area contributed by atoms with Crippen molar-refractivity contribution in [2.75, 3.05) is 40.5 Å². The maximum atomic E-state index is 13.2. The molecule has 2 aromatic carbocycles. The van der Waals surface area contributed by atoms with E-state index in [2.05, 4.69) is 24.2 Å². The maximum Gasteiger partial charge on any atom is 0.257 e. The average molecular weight is 584 g/mol. The van der Waals surface area contributed by atoms with E-state index in [9.17, 15) is 9.59 Å². The summed E-state index contributed by atoms with van der Waals surface area (Å²) in [6, 6.07) is 7.16. The van der Waals surface area contributed by atoms with E-state index in [1.807, 2.05) is 23.3 Å². The van der Waals surface area contributed by atoms with Gasteiger partial charge in [-0.3, -0.25) is 14.6 Å². The summed E-state index contributed by atoms with van der Waals surface area (Å²) in [5.41, 5.74) is 4.65. The number of nitrogens with zero attached hydrogens (tertiary/aromatic N) is 3. The minimum atomic E-state index is -0.0682. The lowest BCUT2D eigenvalue weighted by atomic mass is 10.0. The lowest BCUT2D eigenvalue weighted by Crippen LogP contribution is -2.35. The number of methoxy groups -OCH3 is 2. The topological polar surface area (TPSA) is 89.9 Å². The van der Waals surface area contributed by atoms with Crippen molar-refractivity contribution < 1.29 is 28.5 Å². The second-order valence-corrected chi connectivity index (χ2v) is 11.4. The van der Waals surface area contributed by atoms with E-state index in [-0.39, 0.29) is 23.9 Å². The molecule has 0 bridgehead atoms. The number of carbonyl (C=O) groups is 2. The van der Waals surface area contributed by atoms with Crippen LogP contribution >= 0.6 is 0 Å². The molecule has 0 aliphatic carbocycles. The zero-order chi connectivity index (χ0) is 30.1. The molecule has 9 heteroatoms. The smallest absolute Gasteiger partial charge is 0.257 e. The van der Waals surface area contributed by atoms with Crippen LogP contribution in [0.2, 0.25) is 0 Å². The molecule has 2 amide bonds. The van der Waals surface area contributed by atoms with E-state index < -0.39 is 0 Å². The van der Waals surface area contributed by atoms with Crippen LogP contribution in [0.25, 0.3) is 6.08 Å². The van der Waals surface area contributed by atoms with E-state index in [0.29, 0.717) is 66.1 Å². The zero-order valence-corrected chi connectivity index (χ0v) is 24.8. The maximum absolute atomic E-state index is 13.2. The van der Waals surface area contributed by atoms with Gasteiger partial charge < -0.3 is 28.7 Å². The Morgan fingerprint density at radius 3 is 2.02 bits per heavy atom. The summed E-state index contributed by atoms with van der Waals surface area (Å²) in [4.78, 5) is 34.6. The van der Waals surface area contributed by atoms with Crippen LogP contribution in [0.1, 0.15) is 58.4 Å². The molecule has 4 aliphatic rings. The van der Waals surface area contributed by atoms with Gasteiger partial charge in [-0.1, -0.05) is 36.5 Å². The average Bonchev–Trinajstić information content (AvgIpc) is 3.51.